The lowest BCUT2D eigenvalue weighted by Gasteiger charge is -2.42. The van der Waals surface area contributed by atoms with Crippen LogP contribution in [0.5, 0.6) is 0 Å². The molecule has 1 aromatic carbocycles. The number of rotatable bonds is 20. The van der Waals surface area contributed by atoms with Crippen LogP contribution in [0.25, 0.3) is 0 Å². The average Bonchev–Trinajstić information content (AvgIpc) is 3.01. The predicted octanol–water partition coefficient (Wildman–Crippen LogP) is 0.916. The Morgan fingerprint density at radius 3 is 2.21 bits per heavy atom. The first-order valence-electron chi connectivity index (χ1n) is 15.5. The molecule has 8 N–H and O–H groups in total. The second-order valence-electron chi connectivity index (χ2n) is 11.2. The van der Waals surface area contributed by atoms with E-state index in [0.717, 1.165) is 24.8 Å². The number of hydrogen-bond acceptors (Lipinski definition) is 8. The second kappa shape index (κ2) is 20.0. The highest BCUT2D eigenvalue weighted by Gasteiger charge is 2.38. The first-order chi connectivity index (χ1) is 20.7. The maximum Gasteiger partial charge on any atom is 0.326 e. The number of benzene rings is 1. The Hall–Kier alpha value is -3.06. The van der Waals surface area contributed by atoms with Gasteiger partial charge < -0.3 is 42.2 Å². The van der Waals surface area contributed by atoms with Gasteiger partial charge in [0.1, 0.15) is 12.1 Å². The maximum absolute atomic E-state index is 14.0. The molecule has 0 saturated carbocycles. The summed E-state index contributed by atoms with van der Waals surface area (Å²) in [6.07, 6.45) is 5.41. The van der Waals surface area contributed by atoms with Gasteiger partial charge in [0.15, 0.2) is 0 Å². The van der Waals surface area contributed by atoms with Crippen LogP contribution in [0.4, 0.5) is 0 Å². The van der Waals surface area contributed by atoms with E-state index in [4.69, 9.17) is 16.2 Å². The summed E-state index contributed by atoms with van der Waals surface area (Å²) in [7, 11) is 3.31. The summed E-state index contributed by atoms with van der Waals surface area (Å²) in [6.45, 7) is 1.42. The minimum atomic E-state index is -1.09. The predicted molar refractivity (Wildman–Crippen MR) is 165 cm³/mol. The highest BCUT2D eigenvalue weighted by molar-refractivity contribution is 5.90. The number of likely N-dealkylation sites (N-methyl/N-ethyl adjacent to an activating group) is 1. The van der Waals surface area contributed by atoms with Crippen LogP contribution in [-0.4, -0.2) is 97.8 Å². The van der Waals surface area contributed by atoms with E-state index < -0.39 is 36.0 Å². The van der Waals surface area contributed by atoms with E-state index in [2.05, 4.69) is 16.0 Å². The molecular formula is C31H52N6O6. The number of nitrogens with one attached hydrogen (secondary N) is 3. The van der Waals surface area contributed by atoms with E-state index in [1.165, 1.54) is 0 Å². The lowest BCUT2D eigenvalue weighted by molar-refractivity contribution is -0.145. The number of unbranched alkanes of at least 4 members (excludes halogenated alkanes) is 2. The molecule has 12 heteroatoms. The number of carboxylic acid groups (broad SMARTS) is 1. The van der Waals surface area contributed by atoms with Gasteiger partial charge in [-0.05, 0) is 89.9 Å². The van der Waals surface area contributed by atoms with Gasteiger partial charge in [0.25, 0.3) is 0 Å². The number of nitrogens with zero attached hydrogens (tertiary/aromatic N) is 1. The molecule has 1 aliphatic heterocycles. The van der Waals surface area contributed by atoms with Crippen LogP contribution in [0.2, 0.25) is 0 Å². The molecule has 3 amide bonds. The molecule has 43 heavy (non-hydrogen) atoms. The van der Waals surface area contributed by atoms with Gasteiger partial charge in [-0.15, -0.1) is 0 Å². The van der Waals surface area contributed by atoms with Crippen molar-refractivity contribution >= 4 is 23.7 Å². The van der Waals surface area contributed by atoms with Gasteiger partial charge in [0, 0.05) is 20.1 Å². The van der Waals surface area contributed by atoms with Crippen LogP contribution in [0, 0.1) is 0 Å². The molecule has 0 spiro atoms. The molecule has 1 aromatic rings. The lowest BCUT2D eigenvalue weighted by Crippen LogP contribution is -2.59. The Morgan fingerprint density at radius 1 is 0.977 bits per heavy atom. The minimum Gasteiger partial charge on any atom is -0.480 e. The smallest absolute Gasteiger partial charge is 0.326 e. The summed E-state index contributed by atoms with van der Waals surface area (Å²) < 4.78 is 5.74. The van der Waals surface area contributed by atoms with Crippen molar-refractivity contribution in [1.29, 1.82) is 0 Å². The van der Waals surface area contributed by atoms with Gasteiger partial charge >= 0.3 is 5.97 Å². The van der Waals surface area contributed by atoms with Gasteiger partial charge in [-0.1, -0.05) is 30.3 Å². The van der Waals surface area contributed by atoms with E-state index in [9.17, 15) is 24.3 Å². The molecule has 1 saturated heterocycles. The third kappa shape index (κ3) is 12.2. The lowest BCUT2D eigenvalue weighted by atomic mass is 9.93. The Bertz CT molecular complexity index is 996. The molecule has 12 nitrogen and oxygen atoms in total. The van der Waals surface area contributed by atoms with Crippen molar-refractivity contribution < 1.29 is 29.0 Å². The summed E-state index contributed by atoms with van der Waals surface area (Å²) in [5, 5.41) is 18.2. The van der Waals surface area contributed by atoms with Crippen LogP contribution >= 0.6 is 0 Å². The maximum atomic E-state index is 14.0. The quantitative estimate of drug-likeness (QED) is 0.118. The van der Waals surface area contributed by atoms with Gasteiger partial charge in [0.2, 0.25) is 17.7 Å². The Kier molecular flexibility index (Phi) is 16.8. The molecule has 0 unspecified atom stereocenters. The fraction of sp³-hybridized carbons (Fsp3) is 0.677. The molecule has 0 aliphatic carbocycles. The zero-order valence-electron chi connectivity index (χ0n) is 25.8. The zero-order valence-corrected chi connectivity index (χ0v) is 25.8. The van der Waals surface area contributed by atoms with E-state index in [1.807, 2.05) is 30.3 Å². The molecular weight excluding hydrogens is 552 g/mol. The van der Waals surface area contributed by atoms with E-state index in [1.54, 1.807) is 19.1 Å². The molecule has 1 fully saturated rings. The SMILES string of the molecule is CN[C@H](Cc1ccccc1)C(=O)N[C@@H](CCCCN)C(=O)N1CCC[C@@H](OC)[C@H]1CCC(=O)N[C@@H](CCCCN)C(=O)O. The molecule has 0 radical (unpaired) electrons. The van der Waals surface area contributed by atoms with Crippen LogP contribution in [-0.2, 0) is 30.3 Å². The zero-order chi connectivity index (χ0) is 31.6. The Morgan fingerprint density at radius 2 is 1.63 bits per heavy atom. The van der Waals surface area contributed by atoms with Crippen LogP contribution in [0.3, 0.4) is 0 Å². The minimum absolute atomic E-state index is 0.0398. The standard InChI is InChI=1S/C31H52N6O6/c1-34-25(21-22-11-4-3-5-12-22)29(39)36-23(13-6-8-18-32)30(40)37-20-10-15-27(43-2)26(37)16-17-28(38)35-24(31(41)42)14-7-9-19-33/h3-5,11-12,23-27,34H,6-10,13-21,32-33H2,1-2H3,(H,35,38)(H,36,39)(H,41,42)/t23-,24-,25+,26+,27+/m0/s1. The fourth-order valence-corrected chi connectivity index (χ4v) is 5.61. The summed E-state index contributed by atoms with van der Waals surface area (Å²) in [4.78, 5) is 53.6. The number of carbonyl (C=O) groups excluding carboxylic acids is 3. The fourth-order valence-electron chi connectivity index (χ4n) is 5.61. The summed E-state index contributed by atoms with van der Waals surface area (Å²) in [5.41, 5.74) is 12.2. The normalized spacial score (nSPS) is 18.8. The van der Waals surface area contributed by atoms with Crippen LogP contribution in [0.15, 0.2) is 30.3 Å². The van der Waals surface area contributed by atoms with Crippen molar-refractivity contribution in [2.75, 3.05) is 33.8 Å². The summed E-state index contributed by atoms with van der Waals surface area (Å²) in [6, 6.07) is 7.03. The Labute approximate surface area is 255 Å². The number of hydrogen-bond donors (Lipinski definition) is 6. The first-order valence-corrected chi connectivity index (χ1v) is 15.5. The number of likely N-dealkylation sites (tertiary alicyclic amines) is 1. The number of piperidine rings is 1. The monoisotopic (exact) mass is 604 g/mol. The van der Waals surface area contributed by atoms with Crippen molar-refractivity contribution in [3.05, 3.63) is 35.9 Å². The largest absolute Gasteiger partial charge is 0.480 e. The average molecular weight is 605 g/mol. The van der Waals surface area contributed by atoms with Crippen LogP contribution < -0.4 is 27.4 Å². The molecule has 1 heterocycles. The van der Waals surface area contributed by atoms with E-state index >= 15 is 0 Å². The molecule has 1 aliphatic rings. The van der Waals surface area contributed by atoms with E-state index in [0.29, 0.717) is 64.6 Å². The number of ether oxygens (including phenoxy) is 1. The van der Waals surface area contributed by atoms with Crippen molar-refractivity contribution in [2.24, 2.45) is 11.5 Å². The van der Waals surface area contributed by atoms with Crippen molar-refractivity contribution in [1.82, 2.24) is 20.9 Å². The number of nitrogens with two attached hydrogens (primary N) is 2. The Balaban J connectivity index is 2.15. The van der Waals surface area contributed by atoms with Gasteiger partial charge in [0.05, 0.1) is 18.2 Å². The topological polar surface area (TPSA) is 189 Å². The number of carboxylic acids is 1. The van der Waals surface area contributed by atoms with Gasteiger partial charge in [-0.2, -0.15) is 0 Å². The third-order valence-electron chi connectivity index (χ3n) is 8.06. The highest BCUT2D eigenvalue weighted by atomic mass is 16.5. The molecule has 0 aromatic heterocycles. The summed E-state index contributed by atoms with van der Waals surface area (Å²) in [5.74, 6) is -1.95. The summed E-state index contributed by atoms with van der Waals surface area (Å²) >= 11 is 0. The van der Waals surface area contributed by atoms with Crippen molar-refractivity contribution in [3.63, 3.8) is 0 Å². The van der Waals surface area contributed by atoms with Crippen LogP contribution in [0.1, 0.15) is 69.8 Å². The van der Waals surface area contributed by atoms with Crippen molar-refractivity contribution in [2.45, 2.75) is 101 Å². The first kappa shape index (κ1) is 36.1. The highest BCUT2D eigenvalue weighted by Crippen LogP contribution is 2.25. The van der Waals surface area contributed by atoms with E-state index in [-0.39, 0.29) is 24.3 Å². The second-order valence-corrected chi connectivity index (χ2v) is 11.2. The molecule has 242 valence electrons. The molecule has 5 atom stereocenters. The number of amides is 3. The number of carbonyl (C=O) groups is 4. The third-order valence-corrected chi connectivity index (χ3v) is 8.06. The number of aliphatic carboxylic acids is 1. The molecule has 2 rings (SSSR count). The van der Waals surface area contributed by atoms with Gasteiger partial charge in [-0.25, -0.2) is 4.79 Å². The molecule has 0 bridgehead atoms. The number of methoxy groups -OCH3 is 1. The van der Waals surface area contributed by atoms with Crippen molar-refractivity contribution in [3.8, 4) is 0 Å². The van der Waals surface area contributed by atoms with Gasteiger partial charge in [-0.3, -0.25) is 14.4 Å².